The molecule has 2 aromatic heterocycles. The third kappa shape index (κ3) is 8.46. The molecule has 2 atom stereocenters. The number of nitrogens with two attached hydrogens (primary N) is 2. The fourth-order valence-corrected chi connectivity index (χ4v) is 6.79. The molecule has 3 fully saturated rings. The van der Waals surface area contributed by atoms with Crippen LogP contribution in [0.4, 0.5) is 25.1 Å². The number of amides is 1. The molecular weight excluding hydrogens is 710 g/mol. The predicted octanol–water partition coefficient (Wildman–Crippen LogP) is 3.82. The van der Waals surface area contributed by atoms with Gasteiger partial charge in [-0.05, 0) is 63.8 Å². The number of fused-ring (bicyclic) bond motifs is 1. The van der Waals surface area contributed by atoms with Gasteiger partial charge in [0.05, 0.1) is 17.6 Å². The van der Waals surface area contributed by atoms with Crippen molar-refractivity contribution in [3.05, 3.63) is 57.9 Å². The van der Waals surface area contributed by atoms with Crippen molar-refractivity contribution in [2.45, 2.75) is 88.5 Å². The van der Waals surface area contributed by atoms with Gasteiger partial charge in [0.25, 0.3) is 0 Å². The van der Waals surface area contributed by atoms with Gasteiger partial charge >= 0.3 is 18.0 Å². The Morgan fingerprint density at radius 3 is 2.50 bits per heavy atom. The molecule has 1 aromatic carbocycles. The molecule has 17 heteroatoms. The van der Waals surface area contributed by atoms with Crippen LogP contribution in [0.3, 0.4) is 0 Å². The van der Waals surface area contributed by atoms with Gasteiger partial charge in [-0.1, -0.05) is 6.42 Å². The summed E-state index contributed by atoms with van der Waals surface area (Å²) in [7, 11) is 0. The molecule has 4 heterocycles. The summed E-state index contributed by atoms with van der Waals surface area (Å²) in [6, 6.07) is 3.98. The van der Waals surface area contributed by atoms with Crippen molar-refractivity contribution in [1.29, 1.82) is 0 Å². The first-order chi connectivity index (χ1) is 25.8. The minimum absolute atomic E-state index is 0.0321. The lowest BCUT2D eigenvalue weighted by Crippen LogP contribution is -2.53. The third-order valence-electron chi connectivity index (χ3n) is 10.1. The number of esters is 1. The number of cyclic esters (lactones) is 1. The number of carbonyl (C=O) groups excluding carboxylic acids is 3. The molecule has 3 aromatic rings. The normalized spacial score (nSPS) is 18.8. The molecule has 1 amide bonds. The van der Waals surface area contributed by atoms with E-state index in [1.807, 2.05) is 0 Å². The van der Waals surface area contributed by atoms with Crippen LogP contribution in [-0.2, 0) is 19.1 Å². The molecule has 3 aliphatic rings. The Morgan fingerprint density at radius 1 is 1.11 bits per heavy atom. The van der Waals surface area contributed by atoms with Gasteiger partial charge in [0.15, 0.2) is 23.2 Å². The molecule has 290 valence electrons. The molecule has 0 spiro atoms. The number of anilines is 2. The van der Waals surface area contributed by atoms with Crippen molar-refractivity contribution in [1.82, 2.24) is 9.55 Å². The summed E-state index contributed by atoms with van der Waals surface area (Å²) in [5, 5.41) is 9.44. The third-order valence-corrected chi connectivity index (χ3v) is 10.1. The lowest BCUT2D eigenvalue weighted by atomic mass is 9.91. The number of aromatic nitrogens is 2. The first-order valence-electron chi connectivity index (χ1n) is 18.1. The lowest BCUT2D eigenvalue weighted by Gasteiger charge is -2.41. The average Bonchev–Trinajstić information content (AvgIpc) is 3.91. The van der Waals surface area contributed by atoms with Crippen LogP contribution in [0.15, 0.2) is 35.3 Å². The second kappa shape index (κ2) is 16.1. The minimum Gasteiger partial charge on any atom is -0.486 e. The maximum Gasteiger partial charge on any atom is 0.414 e. The highest BCUT2D eigenvalue weighted by Gasteiger charge is 2.42. The lowest BCUT2D eigenvalue weighted by molar-refractivity contribution is -0.168. The highest BCUT2D eigenvalue weighted by atomic mass is 19.1. The number of carbonyl (C=O) groups is 4. The van der Waals surface area contributed by atoms with E-state index in [1.54, 1.807) is 9.47 Å². The monoisotopic (exact) mass is 754 g/mol. The Hall–Kier alpha value is -5.16. The number of carboxylic acid groups (broad SMARTS) is 1. The smallest absolute Gasteiger partial charge is 0.414 e. The van der Waals surface area contributed by atoms with Crippen molar-refractivity contribution in [3.63, 3.8) is 0 Å². The van der Waals surface area contributed by atoms with Crippen LogP contribution in [0.5, 0.6) is 5.75 Å². The van der Waals surface area contributed by atoms with Crippen molar-refractivity contribution >= 4 is 46.4 Å². The fourth-order valence-electron chi connectivity index (χ4n) is 6.79. The van der Waals surface area contributed by atoms with Gasteiger partial charge < -0.3 is 45.0 Å². The summed E-state index contributed by atoms with van der Waals surface area (Å²) >= 11 is 0. The van der Waals surface area contributed by atoms with Crippen LogP contribution in [0, 0.1) is 11.6 Å². The quantitative estimate of drug-likeness (QED) is 0.141. The molecule has 0 bridgehead atoms. The molecule has 0 unspecified atom stereocenters. The van der Waals surface area contributed by atoms with E-state index in [2.05, 4.69) is 4.98 Å². The molecule has 2 saturated heterocycles. The number of pyridine rings is 2. The number of piperidine rings is 1. The summed E-state index contributed by atoms with van der Waals surface area (Å²) in [5.41, 5.74) is 9.57. The van der Waals surface area contributed by atoms with Gasteiger partial charge in [-0.3, -0.25) is 14.5 Å². The van der Waals surface area contributed by atoms with Gasteiger partial charge in [0, 0.05) is 50.7 Å². The average molecular weight is 755 g/mol. The Labute approximate surface area is 309 Å². The fraction of sp³-hybridized carbons (Fsp3) is 0.514. The number of carboxylic acids is 1. The van der Waals surface area contributed by atoms with E-state index in [9.17, 15) is 29.1 Å². The molecule has 15 nitrogen and oxygen atoms in total. The maximum atomic E-state index is 15.7. The summed E-state index contributed by atoms with van der Waals surface area (Å²) in [5.74, 6) is -3.93. The molecule has 1 aliphatic carbocycles. The number of hydrogen-bond donors (Lipinski definition) is 3. The van der Waals surface area contributed by atoms with Gasteiger partial charge in [0.1, 0.15) is 41.3 Å². The Balaban J connectivity index is 1.20. The Bertz CT molecular complexity index is 2000. The SMILES string of the molecule is CC(=O)CC[C@H]1CN(c2ccc(OCC3(OC(=O)[C@@H](N)CCCCN)CCN(c4nc5c(cc4F)c(=O)c(C(=O)O)cn5C4CC4)CC3)c(F)c2)C(=O)O1. The zero-order valence-corrected chi connectivity index (χ0v) is 29.9. The summed E-state index contributed by atoms with van der Waals surface area (Å²) < 4.78 is 50.0. The summed E-state index contributed by atoms with van der Waals surface area (Å²) in [6.07, 6.45) is 4.05. The largest absolute Gasteiger partial charge is 0.486 e. The number of rotatable bonds is 16. The van der Waals surface area contributed by atoms with Gasteiger partial charge in [-0.2, -0.15) is 0 Å². The number of aromatic carboxylic acids is 1. The summed E-state index contributed by atoms with van der Waals surface area (Å²) in [4.78, 5) is 69.3. The molecule has 5 N–H and O–H groups in total. The summed E-state index contributed by atoms with van der Waals surface area (Å²) in [6.45, 7) is 2.02. The van der Waals surface area contributed by atoms with Crippen LogP contribution in [-0.4, -0.2) is 89.0 Å². The number of hydrogen-bond acceptors (Lipinski definition) is 12. The molecule has 54 heavy (non-hydrogen) atoms. The van der Waals surface area contributed by atoms with Gasteiger partial charge in [-0.25, -0.2) is 23.4 Å². The number of nitrogens with zero attached hydrogens (tertiary/aromatic N) is 4. The second-order valence-corrected chi connectivity index (χ2v) is 14.2. The van der Waals surface area contributed by atoms with Crippen LogP contribution in [0.2, 0.25) is 0 Å². The van der Waals surface area contributed by atoms with Crippen molar-refractivity contribution in [2.24, 2.45) is 11.5 Å². The molecule has 1 saturated carbocycles. The topological polar surface area (TPSA) is 210 Å². The van der Waals surface area contributed by atoms with E-state index in [0.29, 0.717) is 32.2 Å². The molecule has 6 rings (SSSR count). The molecule has 0 radical (unpaired) electrons. The maximum absolute atomic E-state index is 15.7. The van der Waals surface area contributed by atoms with Crippen LogP contribution < -0.4 is 31.4 Å². The predicted molar refractivity (Wildman–Crippen MR) is 192 cm³/mol. The van der Waals surface area contributed by atoms with Crippen LogP contribution in [0.1, 0.15) is 81.1 Å². The second-order valence-electron chi connectivity index (χ2n) is 14.2. The number of halogens is 2. The van der Waals surface area contributed by atoms with Crippen LogP contribution in [0.25, 0.3) is 11.0 Å². The number of unbranched alkanes of at least 4 members (excludes halogenated alkanes) is 1. The van der Waals surface area contributed by atoms with Crippen LogP contribution >= 0.6 is 0 Å². The van der Waals surface area contributed by atoms with E-state index < -0.39 is 58.4 Å². The van der Waals surface area contributed by atoms with Gasteiger partial charge in [-0.15, -0.1) is 0 Å². The minimum atomic E-state index is -1.41. The van der Waals surface area contributed by atoms with Crippen molar-refractivity contribution in [2.75, 3.05) is 42.6 Å². The van der Waals surface area contributed by atoms with Crippen molar-refractivity contribution in [3.8, 4) is 5.75 Å². The number of ketones is 1. The van der Waals surface area contributed by atoms with Crippen molar-refractivity contribution < 1.29 is 47.3 Å². The van der Waals surface area contributed by atoms with Gasteiger partial charge in [0.2, 0.25) is 5.43 Å². The number of ether oxygens (including phenoxy) is 3. The molecule has 2 aliphatic heterocycles. The zero-order valence-electron chi connectivity index (χ0n) is 29.9. The molecular formula is C37H44F2N6O9. The first kappa shape index (κ1) is 38.6. The van der Waals surface area contributed by atoms with E-state index in [1.165, 1.54) is 30.2 Å². The highest BCUT2D eigenvalue weighted by Crippen LogP contribution is 2.38. The van der Waals surface area contributed by atoms with E-state index in [4.69, 9.17) is 25.7 Å². The highest BCUT2D eigenvalue weighted by molar-refractivity contribution is 5.92. The Kier molecular flexibility index (Phi) is 11.5. The standard InChI is InChI=1S/C37H44F2N6O9/c1-21(46)5-9-24-18-45(36(51)53-24)23-8-10-30(27(38)16-23)52-20-37(54-35(50)29(41)4-2-3-13-40)11-14-43(15-12-37)33-28(39)17-25-31(47)26(34(48)49)19-44(22-6-7-22)32(25)42-33/h8,10,16-17,19,22,24,29H,2-7,9,11-15,18,20,40-41H2,1H3,(H,48,49)/t24-,29-/m0/s1. The first-order valence-corrected chi connectivity index (χ1v) is 18.1. The number of Topliss-reactive ketones (excluding diaryl/α,β-unsaturated/α-hetero) is 1. The van der Waals surface area contributed by atoms with E-state index >= 15 is 8.78 Å². The zero-order chi connectivity index (χ0) is 38.7. The van der Waals surface area contributed by atoms with E-state index in [-0.39, 0.29) is 85.6 Å². The number of benzene rings is 1. The Morgan fingerprint density at radius 2 is 1.85 bits per heavy atom. The van der Waals surface area contributed by atoms with E-state index in [0.717, 1.165) is 25.0 Å².